The van der Waals surface area contributed by atoms with Crippen LogP contribution >= 0.6 is 0 Å². The highest BCUT2D eigenvalue weighted by molar-refractivity contribution is 5.94. The molecule has 5 heteroatoms. The topological polar surface area (TPSA) is 70.0 Å². The number of aliphatic hydroxyl groups is 2. The first-order valence-corrected chi connectivity index (χ1v) is 6.39. The van der Waals surface area contributed by atoms with E-state index in [1.807, 2.05) is 13.8 Å². The minimum atomic E-state index is -0.854. The summed E-state index contributed by atoms with van der Waals surface area (Å²) >= 11 is 0. The zero-order valence-electron chi connectivity index (χ0n) is 11.1. The van der Waals surface area contributed by atoms with E-state index in [9.17, 15) is 15.0 Å². The van der Waals surface area contributed by atoms with Crippen molar-refractivity contribution in [3.05, 3.63) is 29.8 Å². The number of hydrogen-bond acceptors (Lipinski definition) is 4. The number of carbonyl (C=O) groups excluding carboxylic acids is 1. The third-order valence-corrected chi connectivity index (χ3v) is 3.02. The highest BCUT2D eigenvalue weighted by Crippen LogP contribution is 2.18. The van der Waals surface area contributed by atoms with Crippen molar-refractivity contribution in [1.29, 1.82) is 0 Å². The normalized spacial score (nSPS) is 22.9. The molecule has 2 atom stereocenters. The van der Waals surface area contributed by atoms with E-state index in [2.05, 4.69) is 0 Å². The van der Waals surface area contributed by atoms with Crippen molar-refractivity contribution >= 4 is 5.91 Å². The Morgan fingerprint density at radius 1 is 1.21 bits per heavy atom. The van der Waals surface area contributed by atoms with Gasteiger partial charge in [-0.3, -0.25) is 4.79 Å². The van der Waals surface area contributed by atoms with Crippen molar-refractivity contribution < 1.29 is 19.7 Å². The predicted octanol–water partition coefficient (Wildman–Crippen LogP) is 0.651. The largest absolute Gasteiger partial charge is 0.491 e. The second-order valence-electron chi connectivity index (χ2n) is 5.04. The van der Waals surface area contributed by atoms with Gasteiger partial charge in [0.25, 0.3) is 5.91 Å². The summed E-state index contributed by atoms with van der Waals surface area (Å²) in [4.78, 5) is 13.6. The van der Waals surface area contributed by atoms with Crippen molar-refractivity contribution in [2.75, 3.05) is 13.1 Å². The van der Waals surface area contributed by atoms with Crippen LogP contribution in [0.25, 0.3) is 0 Å². The minimum absolute atomic E-state index is 0.0884. The molecule has 1 aliphatic heterocycles. The Labute approximate surface area is 112 Å². The highest BCUT2D eigenvalue weighted by Gasteiger charge is 2.32. The molecule has 1 fully saturated rings. The molecule has 104 valence electrons. The van der Waals surface area contributed by atoms with Crippen LogP contribution in [0.1, 0.15) is 24.2 Å². The van der Waals surface area contributed by atoms with Gasteiger partial charge in [-0.2, -0.15) is 0 Å². The van der Waals surface area contributed by atoms with Gasteiger partial charge < -0.3 is 19.8 Å². The molecule has 19 heavy (non-hydrogen) atoms. The molecule has 5 nitrogen and oxygen atoms in total. The van der Waals surface area contributed by atoms with Gasteiger partial charge in [0.2, 0.25) is 0 Å². The maximum atomic E-state index is 12.1. The first-order valence-electron chi connectivity index (χ1n) is 6.39. The summed E-state index contributed by atoms with van der Waals surface area (Å²) in [6.07, 6.45) is -1.62. The molecule has 2 N–H and O–H groups in total. The number of likely N-dealkylation sites (tertiary alicyclic amines) is 1. The van der Waals surface area contributed by atoms with Crippen molar-refractivity contribution in [3.63, 3.8) is 0 Å². The smallest absolute Gasteiger partial charge is 0.254 e. The number of hydrogen-bond donors (Lipinski definition) is 2. The monoisotopic (exact) mass is 265 g/mol. The molecule has 1 amide bonds. The standard InChI is InChI=1S/C14H19NO4/c1-9(2)19-11-5-3-10(4-6-11)14(18)15-7-12(16)13(17)8-15/h3-6,9,12-13,16-17H,7-8H2,1-2H3. The number of aliphatic hydroxyl groups excluding tert-OH is 2. The van der Waals surface area contributed by atoms with Crippen LogP contribution in [0.15, 0.2) is 24.3 Å². The summed E-state index contributed by atoms with van der Waals surface area (Å²) < 4.78 is 5.50. The third-order valence-electron chi connectivity index (χ3n) is 3.02. The summed E-state index contributed by atoms with van der Waals surface area (Å²) in [6.45, 7) is 4.21. The van der Waals surface area contributed by atoms with Crippen LogP contribution in [0.2, 0.25) is 0 Å². The molecule has 1 aromatic carbocycles. The van der Waals surface area contributed by atoms with Gasteiger partial charge in [-0.25, -0.2) is 0 Å². The van der Waals surface area contributed by atoms with E-state index in [-0.39, 0.29) is 25.1 Å². The number of ether oxygens (including phenoxy) is 1. The third kappa shape index (κ3) is 3.24. The average molecular weight is 265 g/mol. The zero-order valence-corrected chi connectivity index (χ0v) is 11.1. The van der Waals surface area contributed by atoms with Crippen LogP contribution in [0.3, 0.4) is 0 Å². The van der Waals surface area contributed by atoms with Crippen LogP contribution in [-0.4, -0.2) is 52.4 Å². The van der Waals surface area contributed by atoms with Gasteiger partial charge in [0.05, 0.1) is 18.3 Å². The van der Waals surface area contributed by atoms with Crippen LogP contribution in [0.5, 0.6) is 5.75 Å². The Bertz CT molecular complexity index is 433. The fraction of sp³-hybridized carbons (Fsp3) is 0.500. The van der Waals surface area contributed by atoms with E-state index in [1.54, 1.807) is 24.3 Å². The summed E-state index contributed by atoms with van der Waals surface area (Å²) in [6, 6.07) is 6.88. The molecular formula is C14H19NO4. The number of carbonyl (C=O) groups is 1. The second kappa shape index (κ2) is 5.59. The van der Waals surface area contributed by atoms with Gasteiger partial charge in [0, 0.05) is 18.7 Å². The SMILES string of the molecule is CC(C)Oc1ccc(C(=O)N2CC(O)C(O)C2)cc1. The summed E-state index contributed by atoms with van der Waals surface area (Å²) in [7, 11) is 0. The van der Waals surface area contributed by atoms with Crippen LogP contribution < -0.4 is 4.74 Å². The lowest BCUT2D eigenvalue weighted by atomic mass is 10.2. The molecule has 0 saturated carbocycles. The summed E-state index contributed by atoms with van der Waals surface area (Å²) in [5.74, 6) is 0.528. The summed E-state index contributed by atoms with van der Waals surface area (Å²) in [5, 5.41) is 18.9. The minimum Gasteiger partial charge on any atom is -0.491 e. The van der Waals surface area contributed by atoms with Gasteiger partial charge in [-0.1, -0.05) is 0 Å². The lowest BCUT2D eigenvalue weighted by Crippen LogP contribution is -2.29. The van der Waals surface area contributed by atoms with E-state index >= 15 is 0 Å². The van der Waals surface area contributed by atoms with E-state index < -0.39 is 12.2 Å². The quantitative estimate of drug-likeness (QED) is 0.842. The molecule has 0 aliphatic carbocycles. The van der Waals surface area contributed by atoms with Crippen molar-refractivity contribution in [2.24, 2.45) is 0 Å². The number of rotatable bonds is 3. The van der Waals surface area contributed by atoms with E-state index in [0.29, 0.717) is 11.3 Å². The zero-order chi connectivity index (χ0) is 14.0. The first kappa shape index (κ1) is 13.8. The molecule has 2 rings (SSSR count). The van der Waals surface area contributed by atoms with Crippen LogP contribution in [0.4, 0.5) is 0 Å². The van der Waals surface area contributed by atoms with Gasteiger partial charge in [-0.15, -0.1) is 0 Å². The molecule has 0 bridgehead atoms. The van der Waals surface area contributed by atoms with Gasteiger partial charge in [0.1, 0.15) is 5.75 Å². The van der Waals surface area contributed by atoms with Crippen LogP contribution in [-0.2, 0) is 0 Å². The molecule has 0 spiro atoms. The van der Waals surface area contributed by atoms with Gasteiger partial charge >= 0.3 is 0 Å². The van der Waals surface area contributed by atoms with Gasteiger partial charge in [-0.05, 0) is 38.1 Å². The molecular weight excluding hydrogens is 246 g/mol. The molecule has 1 saturated heterocycles. The molecule has 0 radical (unpaired) electrons. The number of β-amino-alcohol motifs (C(OH)–C–C–N with tert-alkyl or cyclic N) is 2. The lowest BCUT2D eigenvalue weighted by molar-refractivity contribution is 0.0572. The first-order chi connectivity index (χ1) is 8.97. The molecule has 1 heterocycles. The Hall–Kier alpha value is -1.59. The molecule has 2 unspecified atom stereocenters. The van der Waals surface area contributed by atoms with Crippen LogP contribution in [0, 0.1) is 0 Å². The maximum absolute atomic E-state index is 12.1. The second-order valence-corrected chi connectivity index (χ2v) is 5.04. The fourth-order valence-corrected chi connectivity index (χ4v) is 2.07. The number of nitrogens with zero attached hydrogens (tertiary/aromatic N) is 1. The van der Waals surface area contributed by atoms with Gasteiger partial charge in [0.15, 0.2) is 0 Å². The fourth-order valence-electron chi connectivity index (χ4n) is 2.07. The Morgan fingerprint density at radius 2 is 1.74 bits per heavy atom. The van der Waals surface area contributed by atoms with E-state index in [1.165, 1.54) is 4.90 Å². The maximum Gasteiger partial charge on any atom is 0.254 e. The Morgan fingerprint density at radius 3 is 2.21 bits per heavy atom. The Balaban J connectivity index is 2.04. The van der Waals surface area contributed by atoms with Crippen molar-refractivity contribution in [3.8, 4) is 5.75 Å². The van der Waals surface area contributed by atoms with E-state index in [0.717, 1.165) is 0 Å². The van der Waals surface area contributed by atoms with Crippen molar-refractivity contribution in [1.82, 2.24) is 4.90 Å². The molecule has 0 aromatic heterocycles. The van der Waals surface area contributed by atoms with E-state index in [4.69, 9.17) is 4.74 Å². The number of benzene rings is 1. The summed E-state index contributed by atoms with van der Waals surface area (Å²) in [5.41, 5.74) is 0.525. The molecule has 1 aromatic rings. The predicted molar refractivity (Wildman–Crippen MR) is 70.1 cm³/mol. The molecule has 1 aliphatic rings. The van der Waals surface area contributed by atoms with Crippen molar-refractivity contribution in [2.45, 2.75) is 32.2 Å². The Kier molecular flexibility index (Phi) is 4.07. The average Bonchev–Trinajstić information content (AvgIpc) is 2.69. The number of amides is 1. The highest BCUT2D eigenvalue weighted by atomic mass is 16.5. The lowest BCUT2D eigenvalue weighted by Gasteiger charge is -2.16.